The molecule has 0 saturated heterocycles. The SMILES string of the molecule is CCCCOCCOCCOCc1cc2c(cc1CCC)OCO2.OCCN(CCO)CCO. The van der Waals surface area contributed by atoms with E-state index in [2.05, 4.69) is 19.9 Å². The lowest BCUT2D eigenvalue weighted by molar-refractivity contribution is 0.0101. The Morgan fingerprint density at radius 1 is 0.735 bits per heavy atom. The first-order valence-corrected chi connectivity index (χ1v) is 12.4. The topological polar surface area (TPSA) is 110 Å². The third kappa shape index (κ3) is 13.4. The highest BCUT2D eigenvalue weighted by Crippen LogP contribution is 2.35. The van der Waals surface area contributed by atoms with Gasteiger partial charge in [0.15, 0.2) is 11.5 Å². The Labute approximate surface area is 204 Å². The fraction of sp³-hybridized carbons (Fsp3) is 0.760. The van der Waals surface area contributed by atoms with Gasteiger partial charge in [0.1, 0.15) is 0 Å². The van der Waals surface area contributed by atoms with E-state index in [4.69, 9.17) is 39.0 Å². The quantitative estimate of drug-likeness (QED) is 0.252. The van der Waals surface area contributed by atoms with Gasteiger partial charge < -0.3 is 39.0 Å². The van der Waals surface area contributed by atoms with Gasteiger partial charge in [0, 0.05) is 26.2 Å². The Morgan fingerprint density at radius 2 is 1.26 bits per heavy atom. The van der Waals surface area contributed by atoms with E-state index in [0.717, 1.165) is 43.8 Å². The number of aliphatic hydroxyl groups is 3. The minimum Gasteiger partial charge on any atom is -0.454 e. The van der Waals surface area contributed by atoms with Crippen LogP contribution < -0.4 is 9.47 Å². The zero-order chi connectivity index (χ0) is 24.9. The molecular formula is C25H45NO8. The van der Waals surface area contributed by atoms with Crippen molar-refractivity contribution in [3.05, 3.63) is 23.3 Å². The second-order valence-electron chi connectivity index (χ2n) is 7.87. The van der Waals surface area contributed by atoms with Crippen molar-refractivity contribution in [3.8, 4) is 11.5 Å². The summed E-state index contributed by atoms with van der Waals surface area (Å²) in [7, 11) is 0. The highest BCUT2D eigenvalue weighted by Gasteiger charge is 2.16. The van der Waals surface area contributed by atoms with E-state index in [-0.39, 0.29) is 19.8 Å². The first-order chi connectivity index (χ1) is 16.7. The van der Waals surface area contributed by atoms with Crippen molar-refractivity contribution in [2.24, 2.45) is 0 Å². The third-order valence-electron chi connectivity index (χ3n) is 5.11. The largest absolute Gasteiger partial charge is 0.454 e. The van der Waals surface area contributed by atoms with Gasteiger partial charge in [0.05, 0.1) is 52.9 Å². The van der Waals surface area contributed by atoms with Gasteiger partial charge in [0.25, 0.3) is 0 Å². The molecule has 1 aromatic carbocycles. The van der Waals surface area contributed by atoms with Crippen LogP contribution in [0.2, 0.25) is 0 Å². The van der Waals surface area contributed by atoms with E-state index < -0.39 is 0 Å². The smallest absolute Gasteiger partial charge is 0.231 e. The summed E-state index contributed by atoms with van der Waals surface area (Å²) in [4.78, 5) is 1.79. The van der Waals surface area contributed by atoms with Crippen LogP contribution in [0.4, 0.5) is 0 Å². The Morgan fingerprint density at radius 3 is 1.79 bits per heavy atom. The van der Waals surface area contributed by atoms with E-state index in [1.165, 1.54) is 11.1 Å². The minimum atomic E-state index is 0.0694. The minimum absolute atomic E-state index is 0.0694. The van der Waals surface area contributed by atoms with E-state index in [9.17, 15) is 0 Å². The molecule has 3 N–H and O–H groups in total. The molecule has 0 aromatic heterocycles. The predicted molar refractivity (Wildman–Crippen MR) is 130 cm³/mol. The molecule has 0 spiro atoms. The molecule has 1 aromatic rings. The number of hydrogen-bond donors (Lipinski definition) is 3. The Kier molecular flexibility index (Phi) is 18.8. The Hall–Kier alpha value is -1.46. The molecule has 9 nitrogen and oxygen atoms in total. The van der Waals surface area contributed by atoms with Crippen LogP contribution in [-0.4, -0.2) is 99.5 Å². The molecule has 0 atom stereocenters. The summed E-state index contributed by atoms with van der Waals surface area (Å²) < 4.78 is 27.6. The third-order valence-corrected chi connectivity index (χ3v) is 5.11. The molecule has 1 heterocycles. The fourth-order valence-corrected chi connectivity index (χ4v) is 3.29. The first kappa shape index (κ1) is 30.6. The number of ether oxygens (including phenoxy) is 5. The van der Waals surface area contributed by atoms with Gasteiger partial charge >= 0.3 is 0 Å². The number of nitrogens with zero attached hydrogens (tertiary/aromatic N) is 1. The van der Waals surface area contributed by atoms with Gasteiger partial charge in [-0.2, -0.15) is 0 Å². The highest BCUT2D eigenvalue weighted by molar-refractivity contribution is 5.48. The van der Waals surface area contributed by atoms with E-state index in [1.54, 1.807) is 4.90 Å². The number of aliphatic hydroxyl groups excluding tert-OH is 3. The standard InChI is InChI=1S/C19H30O5.C6H15NO3/c1-3-5-7-20-8-9-21-10-11-22-14-17-13-19-18(23-15-24-19)12-16(17)6-4-2;8-4-1-7(2-5-9)3-6-10/h12-13H,3-11,14-15H2,1-2H3;8-10H,1-6H2. The van der Waals surface area contributed by atoms with Crippen molar-refractivity contribution in [1.82, 2.24) is 4.90 Å². The summed E-state index contributed by atoms with van der Waals surface area (Å²) >= 11 is 0. The van der Waals surface area contributed by atoms with E-state index in [1.807, 2.05) is 6.07 Å². The molecule has 34 heavy (non-hydrogen) atoms. The van der Waals surface area contributed by atoms with Crippen LogP contribution in [0.3, 0.4) is 0 Å². The number of rotatable bonds is 19. The summed E-state index contributed by atoms with van der Waals surface area (Å²) in [5, 5.41) is 25.5. The molecule has 0 radical (unpaired) electrons. The molecule has 0 unspecified atom stereocenters. The maximum atomic E-state index is 8.48. The molecule has 2 rings (SSSR count). The van der Waals surface area contributed by atoms with Crippen molar-refractivity contribution in [1.29, 1.82) is 0 Å². The normalized spacial score (nSPS) is 12.2. The first-order valence-electron chi connectivity index (χ1n) is 12.4. The monoisotopic (exact) mass is 487 g/mol. The summed E-state index contributed by atoms with van der Waals surface area (Å²) in [5.74, 6) is 1.66. The number of benzene rings is 1. The maximum absolute atomic E-state index is 8.48. The number of aryl methyl sites for hydroxylation is 1. The Bertz CT molecular complexity index is 603. The summed E-state index contributed by atoms with van der Waals surface area (Å²) in [6, 6.07) is 4.12. The number of unbranched alkanes of at least 4 members (excludes halogenated alkanes) is 1. The fourth-order valence-electron chi connectivity index (χ4n) is 3.29. The van der Waals surface area contributed by atoms with Gasteiger partial charge in [-0.25, -0.2) is 0 Å². The molecule has 198 valence electrons. The molecule has 1 aliphatic heterocycles. The summed E-state index contributed by atoms with van der Waals surface area (Å²) in [6.45, 7) is 10.2. The van der Waals surface area contributed by atoms with Crippen LogP contribution >= 0.6 is 0 Å². The lowest BCUT2D eigenvalue weighted by Gasteiger charge is -2.17. The molecule has 0 bridgehead atoms. The summed E-state index contributed by atoms with van der Waals surface area (Å²) in [6.07, 6.45) is 4.38. The molecule has 1 aliphatic rings. The van der Waals surface area contributed by atoms with Crippen molar-refractivity contribution < 1.29 is 39.0 Å². The lowest BCUT2D eigenvalue weighted by Crippen LogP contribution is -2.32. The van der Waals surface area contributed by atoms with E-state index >= 15 is 0 Å². The van der Waals surface area contributed by atoms with Gasteiger partial charge in [-0.3, -0.25) is 4.90 Å². The van der Waals surface area contributed by atoms with Gasteiger partial charge in [0.2, 0.25) is 6.79 Å². The average molecular weight is 488 g/mol. The molecule has 0 saturated carbocycles. The zero-order valence-electron chi connectivity index (χ0n) is 21.0. The second kappa shape index (κ2) is 20.9. The van der Waals surface area contributed by atoms with Crippen LogP contribution in [-0.2, 0) is 27.2 Å². The van der Waals surface area contributed by atoms with Gasteiger partial charge in [-0.1, -0.05) is 26.7 Å². The van der Waals surface area contributed by atoms with Crippen molar-refractivity contribution in [2.75, 3.05) is 79.3 Å². The van der Waals surface area contributed by atoms with Crippen LogP contribution in [0.25, 0.3) is 0 Å². The molecule has 0 aliphatic carbocycles. The molecular weight excluding hydrogens is 442 g/mol. The summed E-state index contributed by atoms with van der Waals surface area (Å²) in [5.41, 5.74) is 2.44. The average Bonchev–Trinajstić information content (AvgIpc) is 3.29. The zero-order valence-corrected chi connectivity index (χ0v) is 21.0. The van der Waals surface area contributed by atoms with Crippen LogP contribution in [0.1, 0.15) is 44.2 Å². The van der Waals surface area contributed by atoms with Crippen LogP contribution in [0.5, 0.6) is 11.5 Å². The number of fused-ring (bicyclic) bond motifs is 1. The van der Waals surface area contributed by atoms with Crippen molar-refractivity contribution >= 4 is 0 Å². The maximum Gasteiger partial charge on any atom is 0.231 e. The molecule has 9 heteroatoms. The molecule has 0 amide bonds. The van der Waals surface area contributed by atoms with Gasteiger partial charge in [-0.15, -0.1) is 0 Å². The highest BCUT2D eigenvalue weighted by atomic mass is 16.7. The van der Waals surface area contributed by atoms with E-state index in [0.29, 0.717) is 59.5 Å². The van der Waals surface area contributed by atoms with Crippen LogP contribution in [0, 0.1) is 0 Å². The Balaban J connectivity index is 0.000000489. The predicted octanol–water partition coefficient (Wildman–Crippen LogP) is 1.98. The van der Waals surface area contributed by atoms with Crippen molar-refractivity contribution in [2.45, 2.75) is 46.1 Å². The van der Waals surface area contributed by atoms with Crippen molar-refractivity contribution in [3.63, 3.8) is 0 Å². The van der Waals surface area contributed by atoms with Gasteiger partial charge in [-0.05, 0) is 36.1 Å². The lowest BCUT2D eigenvalue weighted by atomic mass is 10.0. The van der Waals surface area contributed by atoms with Crippen LogP contribution in [0.15, 0.2) is 12.1 Å². The second-order valence-corrected chi connectivity index (χ2v) is 7.87. The molecule has 0 fully saturated rings. The number of hydrogen-bond acceptors (Lipinski definition) is 9.